The molecule has 0 aliphatic carbocycles. The smallest absolute Gasteiger partial charge is 0.273 e. The summed E-state index contributed by atoms with van der Waals surface area (Å²) in [7, 11) is 0. The van der Waals surface area contributed by atoms with E-state index in [4.69, 9.17) is 11.6 Å². The van der Waals surface area contributed by atoms with Crippen molar-refractivity contribution in [3.8, 4) is 0 Å². The molecule has 1 amide bonds. The molecular weight excluding hydrogens is 426 g/mol. The van der Waals surface area contributed by atoms with Crippen LogP contribution in [0.25, 0.3) is 16.6 Å². The van der Waals surface area contributed by atoms with E-state index < -0.39 is 6.04 Å². The molecular formula is C24H24ClN5O2. The van der Waals surface area contributed by atoms with Crippen molar-refractivity contribution in [1.82, 2.24) is 19.1 Å². The lowest BCUT2D eigenvalue weighted by molar-refractivity contribution is -0.134. The molecule has 2 aromatic carbocycles. The molecule has 1 fully saturated rings. The third-order valence-electron chi connectivity index (χ3n) is 6.20. The number of piperazine rings is 1. The first-order valence-corrected chi connectivity index (χ1v) is 11.1. The number of hydrogen-bond acceptors (Lipinski definition) is 4. The summed E-state index contributed by atoms with van der Waals surface area (Å²) >= 11 is 6.00. The normalized spacial score (nSPS) is 15.5. The van der Waals surface area contributed by atoms with E-state index in [9.17, 15) is 9.59 Å². The number of carbonyl (C=O) groups excluding carboxylic acids is 1. The van der Waals surface area contributed by atoms with Crippen LogP contribution in [0, 0.1) is 6.92 Å². The third-order valence-corrected chi connectivity index (χ3v) is 6.45. The predicted molar refractivity (Wildman–Crippen MR) is 127 cm³/mol. The molecule has 3 heterocycles. The number of nitrogens with zero attached hydrogens (tertiary/aromatic N) is 5. The maximum atomic E-state index is 13.5. The highest BCUT2D eigenvalue weighted by atomic mass is 35.5. The Morgan fingerprint density at radius 1 is 1.03 bits per heavy atom. The minimum absolute atomic E-state index is 0.0570. The van der Waals surface area contributed by atoms with Crippen LogP contribution >= 0.6 is 11.6 Å². The molecule has 1 atom stereocenters. The van der Waals surface area contributed by atoms with Crippen LogP contribution in [0.3, 0.4) is 0 Å². The number of anilines is 1. The molecule has 1 aliphatic rings. The number of halogens is 1. The highest BCUT2D eigenvalue weighted by Crippen LogP contribution is 2.26. The summed E-state index contributed by atoms with van der Waals surface area (Å²) in [6.07, 6.45) is 0. The molecule has 32 heavy (non-hydrogen) atoms. The Hall–Kier alpha value is -3.32. The van der Waals surface area contributed by atoms with Crippen molar-refractivity contribution in [2.75, 3.05) is 31.1 Å². The molecule has 0 bridgehead atoms. The van der Waals surface area contributed by atoms with Crippen LogP contribution in [0.2, 0.25) is 5.02 Å². The second kappa shape index (κ2) is 7.98. The number of hydrogen-bond donors (Lipinski definition) is 0. The van der Waals surface area contributed by atoms with Crippen molar-refractivity contribution in [3.05, 3.63) is 75.7 Å². The monoisotopic (exact) mass is 449 g/mol. The summed E-state index contributed by atoms with van der Waals surface area (Å²) in [4.78, 5) is 34.0. The number of para-hydroxylation sites is 1. The summed E-state index contributed by atoms with van der Waals surface area (Å²) in [5, 5.41) is 1.58. The lowest BCUT2D eigenvalue weighted by Crippen LogP contribution is -2.50. The van der Waals surface area contributed by atoms with Crippen LogP contribution in [0.4, 0.5) is 5.69 Å². The van der Waals surface area contributed by atoms with Gasteiger partial charge in [-0.15, -0.1) is 0 Å². The molecule has 0 saturated carbocycles. The molecule has 0 N–H and O–H groups in total. The van der Waals surface area contributed by atoms with Gasteiger partial charge in [-0.1, -0.05) is 23.7 Å². The van der Waals surface area contributed by atoms with Crippen molar-refractivity contribution in [2.24, 2.45) is 0 Å². The Kier molecular flexibility index (Phi) is 5.13. The second-order valence-electron chi connectivity index (χ2n) is 8.20. The highest BCUT2D eigenvalue weighted by Gasteiger charge is 2.28. The molecule has 8 heteroatoms. The number of fused-ring (bicyclic) bond motifs is 3. The minimum Gasteiger partial charge on any atom is -0.368 e. The van der Waals surface area contributed by atoms with Gasteiger partial charge < -0.3 is 9.80 Å². The molecule has 164 valence electrons. The Morgan fingerprint density at radius 3 is 2.44 bits per heavy atom. The number of aryl methyl sites for hydroxylation is 1. The maximum absolute atomic E-state index is 13.5. The van der Waals surface area contributed by atoms with Gasteiger partial charge in [-0.2, -0.15) is 4.98 Å². The van der Waals surface area contributed by atoms with Gasteiger partial charge in [-0.25, -0.2) is 4.52 Å². The number of benzene rings is 2. The molecule has 0 unspecified atom stereocenters. The van der Waals surface area contributed by atoms with E-state index in [-0.39, 0.29) is 11.5 Å². The largest absolute Gasteiger partial charge is 0.368 e. The van der Waals surface area contributed by atoms with Crippen molar-refractivity contribution in [3.63, 3.8) is 0 Å². The van der Waals surface area contributed by atoms with Gasteiger partial charge in [0.15, 0.2) is 5.65 Å². The van der Waals surface area contributed by atoms with Gasteiger partial charge in [0.1, 0.15) is 6.04 Å². The Bertz CT molecular complexity index is 1370. The minimum atomic E-state index is -0.442. The quantitative estimate of drug-likeness (QED) is 0.480. The van der Waals surface area contributed by atoms with Crippen molar-refractivity contribution >= 4 is 39.7 Å². The van der Waals surface area contributed by atoms with Crippen molar-refractivity contribution < 1.29 is 4.79 Å². The van der Waals surface area contributed by atoms with Gasteiger partial charge in [0.05, 0.1) is 5.52 Å². The average molecular weight is 450 g/mol. The van der Waals surface area contributed by atoms with Crippen LogP contribution in [0.5, 0.6) is 0 Å². The molecule has 2 aromatic heterocycles. The Morgan fingerprint density at radius 2 is 1.72 bits per heavy atom. The zero-order valence-corrected chi connectivity index (χ0v) is 18.8. The number of carbonyl (C=O) groups is 1. The van der Waals surface area contributed by atoms with Crippen LogP contribution in [0.1, 0.15) is 18.7 Å². The first-order valence-electron chi connectivity index (χ1n) is 10.7. The topological polar surface area (TPSA) is 62.9 Å². The molecule has 4 aromatic rings. The van der Waals surface area contributed by atoms with Crippen LogP contribution in [-0.2, 0) is 4.79 Å². The number of aromatic nitrogens is 3. The SMILES string of the molecule is Cc1cc(=O)nc2c3ccccc3n([C@H](C)C(=O)N3CCN(c4ccc(Cl)cc4)CC3)n12. The Labute approximate surface area is 190 Å². The summed E-state index contributed by atoms with van der Waals surface area (Å²) in [6, 6.07) is 16.6. The molecule has 0 radical (unpaired) electrons. The predicted octanol–water partition coefficient (Wildman–Crippen LogP) is 3.52. The fraction of sp³-hybridized carbons (Fsp3) is 0.292. The van der Waals surface area contributed by atoms with Crippen LogP contribution in [-0.4, -0.2) is 51.2 Å². The van der Waals surface area contributed by atoms with Gasteiger partial charge in [0.2, 0.25) is 5.91 Å². The fourth-order valence-electron chi connectivity index (χ4n) is 4.60. The summed E-state index contributed by atoms with van der Waals surface area (Å²) < 4.78 is 3.85. The van der Waals surface area contributed by atoms with Crippen molar-refractivity contribution in [1.29, 1.82) is 0 Å². The summed E-state index contributed by atoms with van der Waals surface area (Å²) in [5.74, 6) is 0.0570. The first-order chi connectivity index (χ1) is 15.4. The zero-order chi connectivity index (χ0) is 22.4. The first kappa shape index (κ1) is 20.6. The van der Waals surface area contributed by atoms with Crippen LogP contribution < -0.4 is 10.5 Å². The van der Waals surface area contributed by atoms with E-state index in [1.165, 1.54) is 6.07 Å². The lowest BCUT2D eigenvalue weighted by atomic mass is 10.2. The number of rotatable bonds is 3. The Balaban J connectivity index is 1.44. The molecule has 0 spiro atoms. The van der Waals surface area contributed by atoms with Gasteiger partial charge in [-0.05, 0) is 50.2 Å². The van der Waals surface area contributed by atoms with Gasteiger partial charge >= 0.3 is 0 Å². The lowest BCUT2D eigenvalue weighted by Gasteiger charge is -2.37. The van der Waals surface area contributed by atoms with E-state index in [0.29, 0.717) is 23.8 Å². The van der Waals surface area contributed by atoms with Gasteiger partial charge in [0, 0.05) is 54.0 Å². The van der Waals surface area contributed by atoms with E-state index in [1.807, 2.05) is 76.5 Å². The number of amides is 1. The zero-order valence-electron chi connectivity index (χ0n) is 18.0. The highest BCUT2D eigenvalue weighted by molar-refractivity contribution is 6.30. The van der Waals surface area contributed by atoms with Crippen molar-refractivity contribution in [2.45, 2.75) is 19.9 Å². The van der Waals surface area contributed by atoms with E-state index in [0.717, 1.165) is 35.4 Å². The van der Waals surface area contributed by atoms with E-state index in [1.54, 1.807) is 0 Å². The van der Waals surface area contributed by atoms with E-state index in [2.05, 4.69) is 9.88 Å². The molecule has 5 rings (SSSR count). The summed E-state index contributed by atoms with van der Waals surface area (Å²) in [5.41, 5.74) is 3.06. The molecule has 1 saturated heterocycles. The fourth-order valence-corrected chi connectivity index (χ4v) is 4.72. The standard InChI is InChI=1S/C24H24ClN5O2/c1-16-15-22(31)26-23-20-5-3-4-6-21(20)30(29(16)23)17(2)24(32)28-13-11-27(12-14-28)19-9-7-18(25)8-10-19/h3-10,15,17H,11-14H2,1-2H3/t17-/m1/s1. The maximum Gasteiger partial charge on any atom is 0.273 e. The van der Waals surface area contributed by atoms with Gasteiger partial charge in [0.25, 0.3) is 5.56 Å². The molecule has 7 nitrogen and oxygen atoms in total. The van der Waals surface area contributed by atoms with E-state index >= 15 is 0 Å². The summed E-state index contributed by atoms with van der Waals surface area (Å²) in [6.45, 7) is 6.61. The third kappa shape index (κ3) is 3.42. The van der Waals surface area contributed by atoms with Crippen LogP contribution in [0.15, 0.2) is 59.4 Å². The molecule has 1 aliphatic heterocycles. The second-order valence-corrected chi connectivity index (χ2v) is 8.63. The van der Waals surface area contributed by atoms with Gasteiger partial charge in [-0.3, -0.25) is 14.3 Å². The average Bonchev–Trinajstić information content (AvgIpc) is 3.13.